The number of anilines is 2. The molecule has 0 saturated heterocycles. The molecule has 1 unspecified atom stereocenters. The maximum atomic E-state index is 12.0. The minimum absolute atomic E-state index is 0.0778. The number of hydrazine groups is 1. The van der Waals surface area contributed by atoms with Gasteiger partial charge in [-0.1, -0.05) is 0 Å². The quantitative estimate of drug-likeness (QED) is 0.457. The molecule has 0 aliphatic heterocycles. The van der Waals surface area contributed by atoms with Crippen molar-refractivity contribution in [1.29, 1.82) is 0 Å². The highest BCUT2D eigenvalue weighted by Crippen LogP contribution is 2.20. The zero-order chi connectivity index (χ0) is 13.1. The summed E-state index contributed by atoms with van der Waals surface area (Å²) >= 11 is 0. The maximum Gasteiger partial charge on any atom is 0.416 e. The van der Waals surface area contributed by atoms with Gasteiger partial charge in [-0.25, -0.2) is 10.8 Å². The van der Waals surface area contributed by atoms with Crippen LogP contribution in [-0.2, 0) is 0 Å². The predicted molar refractivity (Wildman–Crippen MR) is 55.1 cm³/mol. The van der Waals surface area contributed by atoms with E-state index in [1.807, 2.05) is 0 Å². The van der Waals surface area contributed by atoms with E-state index in [4.69, 9.17) is 10.9 Å². The van der Waals surface area contributed by atoms with Crippen LogP contribution >= 0.6 is 0 Å². The Balaban J connectivity index is 2.66. The Bertz CT molecular complexity index is 384. The molecule has 0 fully saturated rings. The van der Waals surface area contributed by atoms with Crippen LogP contribution in [0, 0.1) is 6.92 Å². The third-order valence-corrected chi connectivity index (χ3v) is 1.84. The number of rotatable bonds is 4. The van der Waals surface area contributed by atoms with Crippen molar-refractivity contribution in [1.82, 2.24) is 9.97 Å². The molecule has 0 amide bonds. The number of nitrogen functional groups attached to an aromatic ring is 1. The molecule has 96 valence electrons. The molecule has 17 heavy (non-hydrogen) atoms. The van der Waals surface area contributed by atoms with Crippen LogP contribution in [0.3, 0.4) is 0 Å². The number of hydrogen-bond donors (Lipinski definition) is 4. The number of nitrogens with one attached hydrogen (secondary N) is 2. The molecule has 1 heterocycles. The lowest BCUT2D eigenvalue weighted by Gasteiger charge is -2.15. The molecule has 0 bridgehead atoms. The molecule has 1 atom stereocenters. The molecule has 1 aromatic rings. The third-order valence-electron chi connectivity index (χ3n) is 1.84. The molecule has 0 radical (unpaired) electrons. The Labute approximate surface area is 95.0 Å². The van der Waals surface area contributed by atoms with Crippen molar-refractivity contribution in [3.8, 4) is 0 Å². The van der Waals surface area contributed by atoms with Gasteiger partial charge in [0.15, 0.2) is 6.10 Å². The average molecular weight is 251 g/mol. The van der Waals surface area contributed by atoms with Crippen molar-refractivity contribution in [3.05, 3.63) is 11.8 Å². The van der Waals surface area contributed by atoms with Crippen LogP contribution in [0.15, 0.2) is 6.07 Å². The lowest BCUT2D eigenvalue weighted by atomic mass is 10.3. The topological polar surface area (TPSA) is 96.1 Å². The largest absolute Gasteiger partial charge is 0.416 e. The van der Waals surface area contributed by atoms with E-state index in [0.29, 0.717) is 5.69 Å². The summed E-state index contributed by atoms with van der Waals surface area (Å²) in [4.78, 5) is 7.63. The number of halogens is 3. The van der Waals surface area contributed by atoms with E-state index < -0.39 is 18.8 Å². The number of aliphatic hydroxyl groups is 1. The maximum absolute atomic E-state index is 12.0. The minimum atomic E-state index is -4.66. The second kappa shape index (κ2) is 5.15. The van der Waals surface area contributed by atoms with Crippen LogP contribution in [0.5, 0.6) is 0 Å². The van der Waals surface area contributed by atoms with Gasteiger partial charge in [-0.15, -0.1) is 0 Å². The third kappa shape index (κ3) is 4.04. The van der Waals surface area contributed by atoms with Crippen LogP contribution in [0.1, 0.15) is 5.69 Å². The van der Waals surface area contributed by atoms with E-state index in [2.05, 4.69) is 20.7 Å². The second-order valence-electron chi connectivity index (χ2n) is 3.30. The van der Waals surface area contributed by atoms with E-state index >= 15 is 0 Å². The molecule has 6 nitrogen and oxygen atoms in total. The molecular weight excluding hydrogens is 239 g/mol. The Hall–Kier alpha value is -1.61. The lowest BCUT2D eigenvalue weighted by molar-refractivity contribution is -0.198. The highest BCUT2D eigenvalue weighted by Gasteiger charge is 2.37. The Morgan fingerprint density at radius 2 is 2.12 bits per heavy atom. The first kappa shape index (κ1) is 13.5. The summed E-state index contributed by atoms with van der Waals surface area (Å²) in [7, 11) is 0. The van der Waals surface area contributed by atoms with E-state index in [1.54, 1.807) is 6.92 Å². The fourth-order valence-corrected chi connectivity index (χ4v) is 1.04. The second-order valence-corrected chi connectivity index (χ2v) is 3.30. The van der Waals surface area contributed by atoms with E-state index in [9.17, 15) is 13.2 Å². The van der Waals surface area contributed by atoms with Crippen molar-refractivity contribution in [3.63, 3.8) is 0 Å². The number of aryl methyl sites for hydroxylation is 1. The number of aliphatic hydroxyl groups excluding tert-OH is 1. The van der Waals surface area contributed by atoms with Gasteiger partial charge in [-0.05, 0) is 6.92 Å². The SMILES string of the molecule is Cc1cc(NCC(O)C(F)(F)F)nc(NN)n1. The van der Waals surface area contributed by atoms with Crippen molar-refractivity contribution in [2.45, 2.75) is 19.2 Å². The first-order valence-electron chi connectivity index (χ1n) is 4.64. The lowest BCUT2D eigenvalue weighted by Crippen LogP contribution is -2.35. The van der Waals surface area contributed by atoms with Crippen LogP contribution in [0.2, 0.25) is 0 Å². The molecule has 9 heteroatoms. The smallest absolute Gasteiger partial charge is 0.382 e. The fraction of sp³-hybridized carbons (Fsp3) is 0.500. The molecule has 0 aliphatic carbocycles. The Morgan fingerprint density at radius 1 is 1.47 bits per heavy atom. The first-order chi connectivity index (χ1) is 7.82. The zero-order valence-electron chi connectivity index (χ0n) is 8.91. The molecule has 0 saturated carbocycles. The predicted octanol–water partition coefficient (Wildman–Crippen LogP) is 0.406. The van der Waals surface area contributed by atoms with Crippen LogP contribution in [0.25, 0.3) is 0 Å². The fourth-order valence-electron chi connectivity index (χ4n) is 1.04. The molecule has 0 aliphatic rings. The van der Waals surface area contributed by atoms with Gasteiger partial charge in [0.1, 0.15) is 5.82 Å². The van der Waals surface area contributed by atoms with Gasteiger partial charge in [0, 0.05) is 11.8 Å². The number of nitrogens with zero attached hydrogens (tertiary/aromatic N) is 2. The summed E-state index contributed by atoms with van der Waals surface area (Å²) in [5, 5.41) is 11.1. The van der Waals surface area contributed by atoms with Crippen molar-refractivity contribution in [2.24, 2.45) is 5.84 Å². The summed E-state index contributed by atoms with van der Waals surface area (Å²) in [5.41, 5.74) is 2.70. The highest BCUT2D eigenvalue weighted by atomic mass is 19.4. The van der Waals surface area contributed by atoms with Gasteiger partial charge in [0.05, 0.1) is 6.54 Å². The van der Waals surface area contributed by atoms with E-state index in [0.717, 1.165) is 0 Å². The minimum Gasteiger partial charge on any atom is -0.382 e. The molecule has 1 aromatic heterocycles. The van der Waals surface area contributed by atoms with Crippen molar-refractivity contribution in [2.75, 3.05) is 17.3 Å². The number of nitrogens with two attached hydrogens (primary N) is 1. The summed E-state index contributed by atoms with van der Waals surface area (Å²) in [5.74, 6) is 5.31. The van der Waals surface area contributed by atoms with Crippen molar-refractivity contribution >= 4 is 11.8 Å². The highest BCUT2D eigenvalue weighted by molar-refractivity contribution is 5.41. The summed E-state index contributed by atoms with van der Waals surface area (Å²) in [6, 6.07) is 1.43. The molecular formula is C8H12F3N5O. The van der Waals surface area contributed by atoms with Gasteiger partial charge in [0.2, 0.25) is 5.95 Å². The molecule has 0 spiro atoms. The van der Waals surface area contributed by atoms with Gasteiger partial charge in [0.25, 0.3) is 0 Å². The van der Waals surface area contributed by atoms with E-state index in [-0.39, 0.29) is 11.8 Å². The number of hydrogen-bond acceptors (Lipinski definition) is 6. The summed E-state index contributed by atoms with van der Waals surface area (Å²) < 4.78 is 36.1. The molecule has 1 rings (SSSR count). The standard InChI is InChI=1S/C8H12F3N5O/c1-4-2-6(15-7(14-4)16-12)13-3-5(17)8(9,10)11/h2,5,17H,3,12H2,1H3,(H2,13,14,15,16). The Kier molecular flexibility index (Phi) is 4.07. The van der Waals surface area contributed by atoms with Gasteiger partial charge >= 0.3 is 6.18 Å². The Morgan fingerprint density at radius 3 is 2.65 bits per heavy atom. The van der Waals surface area contributed by atoms with Gasteiger partial charge in [-0.3, -0.25) is 5.43 Å². The van der Waals surface area contributed by atoms with E-state index in [1.165, 1.54) is 6.07 Å². The normalized spacial score (nSPS) is 13.3. The summed E-state index contributed by atoms with van der Waals surface area (Å²) in [6.45, 7) is 0.942. The van der Waals surface area contributed by atoms with Gasteiger partial charge < -0.3 is 10.4 Å². The molecule has 0 aromatic carbocycles. The average Bonchev–Trinajstić information content (AvgIpc) is 2.23. The van der Waals surface area contributed by atoms with Crippen LogP contribution in [0.4, 0.5) is 24.9 Å². The zero-order valence-corrected chi connectivity index (χ0v) is 8.91. The van der Waals surface area contributed by atoms with Gasteiger partial charge in [-0.2, -0.15) is 18.2 Å². The van der Waals surface area contributed by atoms with Crippen LogP contribution < -0.4 is 16.6 Å². The number of alkyl halides is 3. The molecule has 5 N–H and O–H groups in total. The monoisotopic (exact) mass is 251 g/mol. The van der Waals surface area contributed by atoms with Crippen LogP contribution in [-0.4, -0.2) is 33.9 Å². The number of aromatic nitrogens is 2. The van der Waals surface area contributed by atoms with Crippen molar-refractivity contribution < 1.29 is 18.3 Å². The first-order valence-corrected chi connectivity index (χ1v) is 4.64. The summed E-state index contributed by atoms with van der Waals surface area (Å²) in [6.07, 6.45) is -7.11.